The number of amides is 1. The third-order valence-electron chi connectivity index (χ3n) is 4.34. The average molecular weight is 406 g/mol. The first kappa shape index (κ1) is 20.2. The number of rotatable bonds is 7. The average Bonchev–Trinajstić information content (AvgIpc) is 3.04. The lowest BCUT2D eigenvalue weighted by molar-refractivity contribution is -0.120. The number of nitrogens with two attached hydrogens (primary N) is 1. The Labute approximate surface area is 164 Å². The highest BCUT2D eigenvalue weighted by molar-refractivity contribution is 5.79. The summed E-state index contributed by atoms with van der Waals surface area (Å²) >= 11 is 0. The van der Waals surface area contributed by atoms with E-state index in [2.05, 4.69) is 25.1 Å². The Bertz CT molecular complexity index is 1050. The molecule has 3 aromatic rings. The minimum Gasteiger partial charge on any atom is -0.493 e. The molecule has 0 aliphatic heterocycles. The Balaban J connectivity index is 1.70. The van der Waals surface area contributed by atoms with Crippen molar-refractivity contribution in [2.75, 3.05) is 12.8 Å². The summed E-state index contributed by atoms with van der Waals surface area (Å²) < 4.78 is 35.8. The lowest BCUT2D eigenvalue weighted by Gasteiger charge is -2.13. The van der Waals surface area contributed by atoms with Gasteiger partial charge in [0.15, 0.2) is 11.5 Å². The van der Waals surface area contributed by atoms with E-state index in [1.54, 1.807) is 13.0 Å². The maximum Gasteiger partial charge on any atom is 0.387 e. The van der Waals surface area contributed by atoms with E-state index in [1.165, 1.54) is 23.8 Å². The molecule has 0 saturated heterocycles. The summed E-state index contributed by atoms with van der Waals surface area (Å²) in [5, 5.41) is 6.86. The van der Waals surface area contributed by atoms with Crippen LogP contribution in [0.2, 0.25) is 0 Å². The van der Waals surface area contributed by atoms with Gasteiger partial charge in [-0.15, -0.1) is 5.10 Å². The van der Waals surface area contributed by atoms with Crippen LogP contribution in [0.4, 0.5) is 14.7 Å². The number of benzene rings is 1. The van der Waals surface area contributed by atoms with Crippen LogP contribution in [0.1, 0.15) is 22.5 Å². The molecule has 2 heterocycles. The van der Waals surface area contributed by atoms with Crippen LogP contribution < -0.4 is 20.5 Å². The Hall–Kier alpha value is -3.50. The zero-order chi connectivity index (χ0) is 21.1. The van der Waals surface area contributed by atoms with Crippen molar-refractivity contribution >= 4 is 17.6 Å². The van der Waals surface area contributed by atoms with Crippen LogP contribution in [0.25, 0.3) is 5.78 Å². The molecule has 0 aliphatic rings. The topological polar surface area (TPSA) is 117 Å². The van der Waals surface area contributed by atoms with E-state index in [9.17, 15) is 13.6 Å². The van der Waals surface area contributed by atoms with E-state index < -0.39 is 6.61 Å². The molecule has 0 radical (unpaired) electrons. The number of hydrogen-bond acceptors (Lipinski definition) is 7. The summed E-state index contributed by atoms with van der Waals surface area (Å²) in [4.78, 5) is 20.8. The van der Waals surface area contributed by atoms with Crippen molar-refractivity contribution < 1.29 is 23.0 Å². The molecule has 154 valence electrons. The van der Waals surface area contributed by atoms with Crippen LogP contribution in [0, 0.1) is 13.8 Å². The fourth-order valence-corrected chi connectivity index (χ4v) is 2.92. The molecule has 1 aromatic carbocycles. The summed E-state index contributed by atoms with van der Waals surface area (Å²) in [5.41, 5.74) is 8.38. The molecule has 0 unspecified atom stereocenters. The lowest BCUT2D eigenvalue weighted by atomic mass is 10.1. The second-order valence-electron chi connectivity index (χ2n) is 6.26. The van der Waals surface area contributed by atoms with Gasteiger partial charge in [-0.1, -0.05) is 6.07 Å². The van der Waals surface area contributed by atoms with Crippen molar-refractivity contribution in [1.82, 2.24) is 24.9 Å². The molecule has 0 aliphatic carbocycles. The second kappa shape index (κ2) is 8.25. The third kappa shape index (κ3) is 4.50. The van der Waals surface area contributed by atoms with Crippen molar-refractivity contribution in [2.24, 2.45) is 0 Å². The molecule has 11 heteroatoms. The molecular formula is C18H20F2N6O3. The maximum absolute atomic E-state index is 12.4. The van der Waals surface area contributed by atoms with E-state index >= 15 is 0 Å². The Morgan fingerprint density at radius 1 is 1.28 bits per heavy atom. The van der Waals surface area contributed by atoms with Gasteiger partial charge in [-0.25, -0.2) is 4.98 Å². The number of alkyl halides is 2. The predicted octanol–water partition coefficient (Wildman–Crippen LogP) is 1.79. The number of fused-ring (bicyclic) bond motifs is 1. The Morgan fingerprint density at radius 3 is 2.72 bits per heavy atom. The quantitative estimate of drug-likeness (QED) is 0.614. The molecule has 2 aromatic heterocycles. The standard InChI is InChI=1S/C18H20F2N6O3/c1-9-12(10(2)26-18(23-9)24-17(21)25-26)7-15(27)22-8-11-4-5-13(29-16(19)20)14(6-11)28-3/h4-6,16H,7-8H2,1-3H3,(H2,21,25)(H,22,27). The third-order valence-corrected chi connectivity index (χ3v) is 4.34. The number of aryl methyl sites for hydroxylation is 2. The van der Waals surface area contributed by atoms with E-state index in [0.29, 0.717) is 17.0 Å². The minimum atomic E-state index is -2.95. The minimum absolute atomic E-state index is 0.0738. The molecular weight excluding hydrogens is 386 g/mol. The summed E-state index contributed by atoms with van der Waals surface area (Å²) in [5.74, 6) is 0.324. The fraction of sp³-hybridized carbons (Fsp3) is 0.333. The molecule has 0 saturated carbocycles. The molecule has 29 heavy (non-hydrogen) atoms. The number of carbonyl (C=O) groups is 1. The first-order chi connectivity index (χ1) is 13.8. The van der Waals surface area contributed by atoms with Crippen LogP contribution in [0.15, 0.2) is 18.2 Å². The summed E-state index contributed by atoms with van der Waals surface area (Å²) in [6.07, 6.45) is 0.0874. The Kier molecular flexibility index (Phi) is 5.76. The predicted molar refractivity (Wildman–Crippen MR) is 99.8 cm³/mol. The second-order valence-corrected chi connectivity index (χ2v) is 6.26. The van der Waals surface area contributed by atoms with E-state index in [-0.39, 0.29) is 36.3 Å². The summed E-state index contributed by atoms with van der Waals surface area (Å²) in [6.45, 7) is 0.832. The van der Waals surface area contributed by atoms with Crippen LogP contribution in [0.3, 0.4) is 0 Å². The summed E-state index contributed by atoms with van der Waals surface area (Å²) in [6, 6.07) is 4.47. The maximum atomic E-state index is 12.4. The highest BCUT2D eigenvalue weighted by Crippen LogP contribution is 2.29. The molecule has 0 atom stereocenters. The lowest BCUT2D eigenvalue weighted by Crippen LogP contribution is -2.26. The Morgan fingerprint density at radius 2 is 2.03 bits per heavy atom. The van der Waals surface area contributed by atoms with Crippen LogP contribution in [-0.4, -0.2) is 39.2 Å². The van der Waals surface area contributed by atoms with E-state index in [1.807, 2.05) is 6.92 Å². The zero-order valence-corrected chi connectivity index (χ0v) is 16.1. The number of aromatic nitrogens is 4. The van der Waals surface area contributed by atoms with Gasteiger partial charge in [0.25, 0.3) is 5.78 Å². The number of nitrogens with one attached hydrogen (secondary N) is 1. The van der Waals surface area contributed by atoms with Crippen molar-refractivity contribution in [1.29, 1.82) is 0 Å². The molecule has 3 N–H and O–H groups in total. The van der Waals surface area contributed by atoms with Crippen molar-refractivity contribution in [2.45, 2.75) is 33.4 Å². The SMILES string of the molecule is COc1cc(CNC(=O)Cc2c(C)nc3nc(N)nn3c2C)ccc1OC(F)F. The number of ether oxygens (including phenoxy) is 2. The van der Waals surface area contributed by atoms with Crippen molar-refractivity contribution in [3.63, 3.8) is 0 Å². The van der Waals surface area contributed by atoms with Gasteiger partial charge >= 0.3 is 6.61 Å². The highest BCUT2D eigenvalue weighted by atomic mass is 19.3. The van der Waals surface area contributed by atoms with Gasteiger partial charge in [0.05, 0.1) is 13.5 Å². The number of nitrogens with zero attached hydrogens (tertiary/aromatic N) is 4. The van der Waals surface area contributed by atoms with Gasteiger partial charge in [-0.3, -0.25) is 4.79 Å². The fourth-order valence-electron chi connectivity index (χ4n) is 2.92. The zero-order valence-electron chi connectivity index (χ0n) is 16.1. The van der Waals surface area contributed by atoms with Gasteiger partial charge in [-0.2, -0.15) is 18.3 Å². The number of nitrogen functional groups attached to an aromatic ring is 1. The molecule has 1 amide bonds. The molecule has 0 bridgehead atoms. The van der Waals surface area contributed by atoms with Gasteiger partial charge in [0, 0.05) is 23.5 Å². The molecule has 0 spiro atoms. The largest absolute Gasteiger partial charge is 0.493 e. The first-order valence-corrected chi connectivity index (χ1v) is 8.65. The van der Waals surface area contributed by atoms with Crippen LogP contribution in [-0.2, 0) is 17.8 Å². The molecule has 3 rings (SSSR count). The van der Waals surface area contributed by atoms with Crippen molar-refractivity contribution in [3.05, 3.63) is 40.7 Å². The monoisotopic (exact) mass is 406 g/mol. The smallest absolute Gasteiger partial charge is 0.387 e. The number of hydrogen-bond donors (Lipinski definition) is 2. The van der Waals surface area contributed by atoms with Crippen molar-refractivity contribution in [3.8, 4) is 11.5 Å². The molecule has 0 fully saturated rings. The van der Waals surface area contributed by atoms with Gasteiger partial charge in [-0.05, 0) is 31.5 Å². The van der Waals surface area contributed by atoms with E-state index in [4.69, 9.17) is 10.5 Å². The number of anilines is 1. The van der Waals surface area contributed by atoms with Gasteiger partial charge < -0.3 is 20.5 Å². The number of carbonyl (C=O) groups excluding carboxylic acids is 1. The number of halogens is 2. The van der Waals surface area contributed by atoms with Gasteiger partial charge in [0.2, 0.25) is 11.9 Å². The van der Waals surface area contributed by atoms with Crippen LogP contribution in [0.5, 0.6) is 11.5 Å². The first-order valence-electron chi connectivity index (χ1n) is 8.65. The normalized spacial score (nSPS) is 11.1. The van der Waals surface area contributed by atoms with E-state index in [0.717, 1.165) is 11.3 Å². The van der Waals surface area contributed by atoms with Crippen LogP contribution >= 0.6 is 0 Å². The summed E-state index contributed by atoms with van der Waals surface area (Å²) in [7, 11) is 1.35. The van der Waals surface area contributed by atoms with Gasteiger partial charge in [0.1, 0.15) is 0 Å². The highest BCUT2D eigenvalue weighted by Gasteiger charge is 2.16. The molecule has 9 nitrogen and oxygen atoms in total. The number of methoxy groups -OCH3 is 1.